The van der Waals surface area contributed by atoms with Crippen molar-refractivity contribution in [2.24, 2.45) is 0 Å². The van der Waals surface area contributed by atoms with Crippen LogP contribution >= 0.6 is 15.9 Å². The number of hydrogen-bond acceptors (Lipinski definition) is 3. The molecule has 124 valence electrons. The van der Waals surface area contributed by atoms with E-state index < -0.39 is 11.4 Å². The number of carboxylic acid groups (broad SMARTS) is 1. The summed E-state index contributed by atoms with van der Waals surface area (Å²) < 4.78 is 13.1. The fourth-order valence-electron chi connectivity index (χ4n) is 4.52. The molecule has 0 amide bonds. The van der Waals surface area contributed by atoms with Crippen LogP contribution in [0.2, 0.25) is 0 Å². The number of aliphatic carboxylic acids is 1. The standard InChI is InChI=1S/C18H21BrO4/c1-9-7-11-13(18(17(20)21)5-3-4-6-18)15-12(8-10(2)22-15)14(19)16(11)23-9/h9-10H,3-8H2,1-2H3,(H,20,21). The summed E-state index contributed by atoms with van der Waals surface area (Å²) in [7, 11) is 0. The predicted molar refractivity (Wildman–Crippen MR) is 89.5 cm³/mol. The summed E-state index contributed by atoms with van der Waals surface area (Å²) in [4.78, 5) is 12.3. The van der Waals surface area contributed by atoms with Crippen molar-refractivity contribution < 1.29 is 19.4 Å². The van der Waals surface area contributed by atoms with Crippen LogP contribution in [0.3, 0.4) is 0 Å². The largest absolute Gasteiger partial charge is 0.490 e. The van der Waals surface area contributed by atoms with Gasteiger partial charge in [0.15, 0.2) is 0 Å². The topological polar surface area (TPSA) is 55.8 Å². The Hall–Kier alpha value is -1.23. The third-order valence-corrected chi connectivity index (χ3v) is 6.35. The van der Waals surface area contributed by atoms with E-state index in [0.29, 0.717) is 12.8 Å². The van der Waals surface area contributed by atoms with Crippen LogP contribution < -0.4 is 9.47 Å². The van der Waals surface area contributed by atoms with Gasteiger partial charge in [0, 0.05) is 29.5 Å². The van der Waals surface area contributed by atoms with E-state index in [4.69, 9.17) is 9.47 Å². The van der Waals surface area contributed by atoms with Crippen molar-refractivity contribution in [3.8, 4) is 11.5 Å². The van der Waals surface area contributed by atoms with E-state index in [2.05, 4.69) is 15.9 Å². The molecule has 1 aromatic carbocycles. The fraction of sp³-hybridized carbons (Fsp3) is 0.611. The first-order chi connectivity index (χ1) is 10.9. The van der Waals surface area contributed by atoms with Crippen LogP contribution in [0.1, 0.15) is 56.2 Å². The van der Waals surface area contributed by atoms with Crippen molar-refractivity contribution in [2.45, 2.75) is 70.0 Å². The van der Waals surface area contributed by atoms with E-state index in [-0.39, 0.29) is 12.2 Å². The van der Waals surface area contributed by atoms with Gasteiger partial charge < -0.3 is 14.6 Å². The summed E-state index contributed by atoms with van der Waals surface area (Å²) in [6, 6.07) is 0. The number of carbonyl (C=O) groups is 1. The van der Waals surface area contributed by atoms with Gasteiger partial charge in [0.05, 0.1) is 9.89 Å². The van der Waals surface area contributed by atoms with E-state index in [1.54, 1.807) is 0 Å². The van der Waals surface area contributed by atoms with Crippen LogP contribution in [-0.4, -0.2) is 23.3 Å². The van der Waals surface area contributed by atoms with Gasteiger partial charge in [-0.1, -0.05) is 12.8 Å². The van der Waals surface area contributed by atoms with E-state index in [1.165, 1.54) is 0 Å². The Morgan fingerprint density at radius 3 is 2.26 bits per heavy atom. The number of rotatable bonds is 2. The summed E-state index contributed by atoms with van der Waals surface area (Å²) in [5.74, 6) is 0.936. The van der Waals surface area contributed by atoms with Crippen LogP contribution in [0.4, 0.5) is 0 Å². The Labute approximate surface area is 144 Å². The fourth-order valence-corrected chi connectivity index (χ4v) is 5.19. The van der Waals surface area contributed by atoms with Crippen LogP contribution in [-0.2, 0) is 23.1 Å². The molecule has 3 aliphatic rings. The molecule has 1 fully saturated rings. The first-order valence-corrected chi connectivity index (χ1v) is 9.17. The molecule has 0 saturated heterocycles. The lowest BCUT2D eigenvalue weighted by molar-refractivity contribution is -0.143. The normalized spacial score (nSPS) is 27.3. The SMILES string of the molecule is CC1Cc2c(c(Br)c3c(c2C2(C(=O)O)CCCC2)OC(C)C3)O1. The third-order valence-electron chi connectivity index (χ3n) is 5.51. The molecule has 0 radical (unpaired) electrons. The van der Waals surface area contributed by atoms with Gasteiger partial charge in [-0.25, -0.2) is 0 Å². The molecular weight excluding hydrogens is 360 g/mol. The zero-order chi connectivity index (χ0) is 16.4. The highest BCUT2D eigenvalue weighted by atomic mass is 79.9. The highest BCUT2D eigenvalue weighted by Crippen LogP contribution is 2.56. The van der Waals surface area contributed by atoms with Crippen molar-refractivity contribution in [1.29, 1.82) is 0 Å². The van der Waals surface area contributed by atoms with Gasteiger partial charge in [-0.15, -0.1) is 0 Å². The molecule has 1 N–H and O–H groups in total. The molecular formula is C18H21BrO4. The maximum atomic E-state index is 12.3. The molecule has 2 heterocycles. The third kappa shape index (κ3) is 2.05. The number of benzene rings is 1. The number of ether oxygens (including phenoxy) is 2. The Bertz CT molecular complexity index is 652. The summed E-state index contributed by atoms with van der Waals surface area (Å²) >= 11 is 3.68. The van der Waals surface area contributed by atoms with Crippen LogP contribution in [0, 0.1) is 0 Å². The molecule has 4 rings (SSSR count). The summed E-state index contributed by atoms with van der Waals surface area (Å²) in [5, 5.41) is 10.1. The van der Waals surface area contributed by atoms with Gasteiger partial charge in [0.2, 0.25) is 0 Å². The summed E-state index contributed by atoms with van der Waals surface area (Å²) in [6.45, 7) is 4.07. The number of hydrogen-bond donors (Lipinski definition) is 1. The van der Waals surface area contributed by atoms with Gasteiger partial charge >= 0.3 is 5.97 Å². The molecule has 2 atom stereocenters. The molecule has 0 spiro atoms. The zero-order valence-electron chi connectivity index (χ0n) is 13.4. The first-order valence-electron chi connectivity index (χ1n) is 8.38. The van der Waals surface area contributed by atoms with Gasteiger partial charge in [0.1, 0.15) is 23.7 Å². The first kappa shape index (κ1) is 15.3. The Morgan fingerprint density at radius 2 is 1.65 bits per heavy atom. The summed E-state index contributed by atoms with van der Waals surface area (Å²) in [5.41, 5.74) is 2.21. The highest BCUT2D eigenvalue weighted by molar-refractivity contribution is 9.10. The van der Waals surface area contributed by atoms with Crippen molar-refractivity contribution in [2.75, 3.05) is 0 Å². The minimum atomic E-state index is -0.813. The molecule has 2 aliphatic heterocycles. The van der Waals surface area contributed by atoms with Crippen molar-refractivity contribution in [1.82, 2.24) is 0 Å². The van der Waals surface area contributed by atoms with Crippen molar-refractivity contribution in [3.63, 3.8) is 0 Å². The molecule has 5 heteroatoms. The van der Waals surface area contributed by atoms with Crippen LogP contribution in [0.15, 0.2) is 4.47 Å². The Morgan fingerprint density at radius 1 is 1.09 bits per heavy atom. The lowest BCUT2D eigenvalue weighted by Gasteiger charge is -2.29. The second-order valence-corrected chi connectivity index (χ2v) is 7.96. The molecule has 1 aromatic rings. The van der Waals surface area contributed by atoms with Crippen molar-refractivity contribution in [3.05, 3.63) is 21.2 Å². The summed E-state index contributed by atoms with van der Waals surface area (Å²) in [6.07, 6.45) is 4.99. The second kappa shape index (κ2) is 5.13. The molecule has 1 saturated carbocycles. The smallest absolute Gasteiger partial charge is 0.314 e. The Balaban J connectivity index is 2.02. The van der Waals surface area contributed by atoms with E-state index in [1.807, 2.05) is 13.8 Å². The predicted octanol–water partition coefficient (Wildman–Crippen LogP) is 3.99. The molecule has 4 nitrogen and oxygen atoms in total. The minimum Gasteiger partial charge on any atom is -0.490 e. The average molecular weight is 381 g/mol. The lowest BCUT2D eigenvalue weighted by Crippen LogP contribution is -2.34. The van der Waals surface area contributed by atoms with Crippen LogP contribution in [0.25, 0.3) is 0 Å². The molecule has 0 aromatic heterocycles. The minimum absolute atomic E-state index is 0.0762. The number of fused-ring (bicyclic) bond motifs is 2. The maximum absolute atomic E-state index is 12.3. The second-order valence-electron chi connectivity index (χ2n) is 7.16. The molecule has 23 heavy (non-hydrogen) atoms. The van der Waals surface area contributed by atoms with Crippen molar-refractivity contribution >= 4 is 21.9 Å². The van der Waals surface area contributed by atoms with E-state index in [9.17, 15) is 9.90 Å². The number of carboxylic acids is 1. The van der Waals surface area contributed by atoms with Crippen LogP contribution in [0.5, 0.6) is 11.5 Å². The number of halogens is 1. The molecule has 0 bridgehead atoms. The monoisotopic (exact) mass is 380 g/mol. The van der Waals surface area contributed by atoms with E-state index >= 15 is 0 Å². The molecule has 1 aliphatic carbocycles. The van der Waals surface area contributed by atoms with Gasteiger partial charge in [-0.2, -0.15) is 0 Å². The molecule has 2 unspecified atom stereocenters. The highest BCUT2D eigenvalue weighted by Gasteiger charge is 2.50. The van der Waals surface area contributed by atoms with Gasteiger partial charge in [0.25, 0.3) is 0 Å². The van der Waals surface area contributed by atoms with Gasteiger partial charge in [-0.3, -0.25) is 4.79 Å². The average Bonchev–Trinajstić information content (AvgIpc) is 3.18. The quantitative estimate of drug-likeness (QED) is 0.842. The van der Waals surface area contributed by atoms with Gasteiger partial charge in [-0.05, 0) is 42.6 Å². The Kier molecular flexibility index (Phi) is 3.42. The zero-order valence-corrected chi connectivity index (χ0v) is 15.0. The lowest BCUT2D eigenvalue weighted by atomic mass is 9.74. The maximum Gasteiger partial charge on any atom is 0.314 e. The van der Waals surface area contributed by atoms with E-state index in [0.717, 1.165) is 58.3 Å².